The van der Waals surface area contributed by atoms with Gasteiger partial charge >= 0.3 is 0 Å². The summed E-state index contributed by atoms with van der Waals surface area (Å²) < 4.78 is 2.05. The molecule has 0 radical (unpaired) electrons. The summed E-state index contributed by atoms with van der Waals surface area (Å²) >= 11 is 0. The normalized spacial score (nSPS) is 11.2. The van der Waals surface area contributed by atoms with Crippen molar-refractivity contribution in [1.29, 1.82) is 0 Å². The van der Waals surface area contributed by atoms with Crippen molar-refractivity contribution in [2.24, 2.45) is 4.99 Å². The van der Waals surface area contributed by atoms with Crippen LogP contribution in [0.2, 0.25) is 0 Å². The molecule has 0 spiro atoms. The lowest BCUT2D eigenvalue weighted by Crippen LogP contribution is -2.38. The van der Waals surface area contributed by atoms with E-state index in [1.54, 1.807) is 0 Å². The van der Waals surface area contributed by atoms with Gasteiger partial charge in [0.05, 0.1) is 5.69 Å². The minimum Gasteiger partial charge on any atom is -0.357 e. The monoisotopic (exact) mass is 401 g/mol. The Morgan fingerprint density at radius 3 is 2.86 bits per heavy atom. The number of nitrogens with zero attached hydrogens (tertiary/aromatic N) is 3. The highest BCUT2D eigenvalue weighted by molar-refractivity contribution is 14.0. The summed E-state index contributed by atoms with van der Waals surface area (Å²) in [7, 11) is 0. The van der Waals surface area contributed by atoms with E-state index in [2.05, 4.69) is 40.7 Å². The molecule has 0 amide bonds. The third kappa shape index (κ3) is 5.53. The lowest BCUT2D eigenvalue weighted by atomic mass is 10.3. The predicted molar refractivity (Wildman–Crippen MR) is 98.6 cm³/mol. The van der Waals surface area contributed by atoms with E-state index in [9.17, 15) is 0 Å². The van der Waals surface area contributed by atoms with Crippen LogP contribution in [0.3, 0.4) is 0 Å². The van der Waals surface area contributed by atoms with Gasteiger partial charge in [-0.3, -0.25) is 4.99 Å². The molecule has 0 saturated carbocycles. The van der Waals surface area contributed by atoms with Crippen molar-refractivity contribution >= 4 is 35.6 Å². The Balaban J connectivity index is 0.00000220. The van der Waals surface area contributed by atoms with Crippen molar-refractivity contribution in [1.82, 2.24) is 20.0 Å². The summed E-state index contributed by atoms with van der Waals surface area (Å²) in [5.74, 6) is 0.887. The summed E-state index contributed by atoms with van der Waals surface area (Å²) in [6, 6.07) is 6.03. The van der Waals surface area contributed by atoms with E-state index in [0.29, 0.717) is 0 Å². The molecule has 0 aliphatic heterocycles. The molecule has 0 saturated heterocycles. The van der Waals surface area contributed by atoms with Crippen molar-refractivity contribution in [3.8, 4) is 0 Å². The SMILES string of the molecule is CCCN=C(NCC)NCCc1cn2ccccc2n1.I. The van der Waals surface area contributed by atoms with Crippen molar-refractivity contribution < 1.29 is 0 Å². The van der Waals surface area contributed by atoms with Gasteiger partial charge < -0.3 is 15.0 Å². The number of fused-ring (bicyclic) bond motifs is 1. The second-order valence-corrected chi connectivity index (χ2v) is 4.64. The van der Waals surface area contributed by atoms with E-state index in [-0.39, 0.29) is 24.0 Å². The highest BCUT2D eigenvalue weighted by Gasteiger charge is 2.01. The molecular formula is C15H24IN5. The molecule has 2 aromatic heterocycles. The van der Waals surface area contributed by atoms with Crippen LogP contribution in [0.4, 0.5) is 0 Å². The topological polar surface area (TPSA) is 53.7 Å². The largest absolute Gasteiger partial charge is 0.357 e. The molecule has 0 atom stereocenters. The number of nitrogens with one attached hydrogen (secondary N) is 2. The molecule has 6 heteroatoms. The molecule has 0 unspecified atom stereocenters. The van der Waals surface area contributed by atoms with Gasteiger partial charge in [0.25, 0.3) is 0 Å². The van der Waals surface area contributed by atoms with E-state index < -0.39 is 0 Å². The second kappa shape index (κ2) is 9.59. The number of guanidine groups is 1. The lowest BCUT2D eigenvalue weighted by molar-refractivity contribution is 0.786. The first-order valence-electron chi connectivity index (χ1n) is 7.28. The van der Waals surface area contributed by atoms with Crippen molar-refractivity contribution in [2.75, 3.05) is 19.6 Å². The quantitative estimate of drug-likeness (QED) is 0.444. The average molecular weight is 401 g/mol. The van der Waals surface area contributed by atoms with Gasteiger partial charge in [-0.15, -0.1) is 24.0 Å². The molecule has 2 aromatic rings. The standard InChI is InChI=1S/C15H23N5.HI/c1-3-9-17-15(16-4-2)18-10-8-13-12-20-11-6-5-7-14(20)19-13;/h5-7,11-12H,3-4,8-10H2,1-2H3,(H2,16,17,18);1H. The Bertz CT molecular complexity index is 531. The summed E-state index contributed by atoms with van der Waals surface area (Å²) in [6.07, 6.45) is 6.04. The van der Waals surface area contributed by atoms with Crippen LogP contribution in [0.25, 0.3) is 5.65 Å². The number of hydrogen-bond acceptors (Lipinski definition) is 2. The molecule has 5 nitrogen and oxygen atoms in total. The van der Waals surface area contributed by atoms with E-state index in [0.717, 1.165) is 49.8 Å². The van der Waals surface area contributed by atoms with Crippen molar-refractivity contribution in [3.63, 3.8) is 0 Å². The van der Waals surface area contributed by atoms with Crippen LogP contribution in [0.1, 0.15) is 26.0 Å². The molecule has 2 rings (SSSR count). The molecule has 0 aromatic carbocycles. The van der Waals surface area contributed by atoms with Crippen LogP contribution in [0.5, 0.6) is 0 Å². The van der Waals surface area contributed by atoms with Crippen LogP contribution in [0, 0.1) is 0 Å². The maximum absolute atomic E-state index is 4.58. The van der Waals surface area contributed by atoms with Gasteiger partial charge in [0.15, 0.2) is 5.96 Å². The molecule has 0 aliphatic rings. The first-order valence-corrected chi connectivity index (χ1v) is 7.28. The van der Waals surface area contributed by atoms with E-state index in [4.69, 9.17) is 0 Å². The fourth-order valence-corrected chi connectivity index (χ4v) is 1.98. The number of aliphatic imine (C=N–C) groups is 1. The van der Waals surface area contributed by atoms with E-state index in [1.807, 2.05) is 28.8 Å². The Morgan fingerprint density at radius 1 is 1.29 bits per heavy atom. The zero-order valence-electron chi connectivity index (χ0n) is 12.7. The molecule has 21 heavy (non-hydrogen) atoms. The number of pyridine rings is 1. The Morgan fingerprint density at radius 2 is 2.14 bits per heavy atom. The lowest BCUT2D eigenvalue weighted by Gasteiger charge is -2.10. The zero-order valence-corrected chi connectivity index (χ0v) is 15.0. The molecule has 0 bridgehead atoms. The second-order valence-electron chi connectivity index (χ2n) is 4.64. The first-order chi connectivity index (χ1) is 9.83. The fraction of sp³-hybridized carbons (Fsp3) is 0.467. The van der Waals surface area contributed by atoms with Crippen molar-refractivity contribution in [2.45, 2.75) is 26.7 Å². The third-order valence-corrected chi connectivity index (χ3v) is 2.93. The molecule has 2 N–H and O–H groups in total. The first kappa shape index (κ1) is 17.7. The van der Waals surface area contributed by atoms with E-state index >= 15 is 0 Å². The van der Waals surface area contributed by atoms with Gasteiger partial charge in [-0.1, -0.05) is 13.0 Å². The van der Waals surface area contributed by atoms with Crippen molar-refractivity contribution in [3.05, 3.63) is 36.3 Å². The van der Waals surface area contributed by atoms with Gasteiger partial charge in [0.2, 0.25) is 0 Å². The summed E-state index contributed by atoms with van der Waals surface area (Å²) in [5, 5.41) is 6.58. The Hall–Kier alpha value is -1.31. The smallest absolute Gasteiger partial charge is 0.191 e. The maximum atomic E-state index is 4.58. The number of halogens is 1. The molecule has 0 fully saturated rings. The Kier molecular flexibility index (Phi) is 8.11. The maximum Gasteiger partial charge on any atom is 0.191 e. The van der Waals surface area contributed by atoms with Gasteiger partial charge in [0.1, 0.15) is 5.65 Å². The average Bonchev–Trinajstić information content (AvgIpc) is 2.87. The number of hydrogen-bond donors (Lipinski definition) is 2. The van der Waals surface area contributed by atoms with Crippen LogP contribution < -0.4 is 10.6 Å². The summed E-state index contributed by atoms with van der Waals surface area (Å²) in [6.45, 7) is 6.77. The van der Waals surface area contributed by atoms with Crippen LogP contribution >= 0.6 is 24.0 Å². The highest BCUT2D eigenvalue weighted by atomic mass is 127. The fourth-order valence-electron chi connectivity index (χ4n) is 1.98. The highest BCUT2D eigenvalue weighted by Crippen LogP contribution is 2.04. The molecule has 2 heterocycles. The van der Waals surface area contributed by atoms with Gasteiger partial charge in [-0.05, 0) is 25.5 Å². The summed E-state index contributed by atoms with van der Waals surface area (Å²) in [4.78, 5) is 9.06. The predicted octanol–water partition coefficient (Wildman–Crippen LogP) is 2.46. The van der Waals surface area contributed by atoms with E-state index in [1.165, 1.54) is 0 Å². The summed E-state index contributed by atoms with van der Waals surface area (Å²) in [5.41, 5.74) is 2.09. The molecule has 116 valence electrons. The number of imidazole rings is 1. The van der Waals surface area contributed by atoms with Crippen LogP contribution in [0.15, 0.2) is 35.6 Å². The molecular weight excluding hydrogens is 377 g/mol. The third-order valence-electron chi connectivity index (χ3n) is 2.93. The van der Waals surface area contributed by atoms with Crippen LogP contribution in [-0.2, 0) is 6.42 Å². The minimum atomic E-state index is 0. The zero-order chi connectivity index (χ0) is 14.2. The van der Waals surface area contributed by atoms with Gasteiger partial charge in [-0.25, -0.2) is 4.98 Å². The number of aromatic nitrogens is 2. The van der Waals surface area contributed by atoms with Crippen LogP contribution in [-0.4, -0.2) is 35.0 Å². The minimum absolute atomic E-state index is 0. The van der Waals surface area contributed by atoms with Gasteiger partial charge in [-0.2, -0.15) is 0 Å². The molecule has 0 aliphatic carbocycles. The number of rotatable bonds is 6. The Labute approximate surface area is 143 Å². The van der Waals surface area contributed by atoms with Gasteiger partial charge in [0, 0.05) is 38.4 Å².